The molecule has 1 saturated carbocycles. The Morgan fingerprint density at radius 3 is 2.77 bits per heavy atom. The van der Waals surface area contributed by atoms with Gasteiger partial charge >= 0.3 is 0 Å². The minimum atomic E-state index is -0.149. The molecule has 8 heteroatoms. The Bertz CT molecular complexity index is 1110. The number of carbonyl (C=O) groups is 1. The lowest BCUT2D eigenvalue weighted by molar-refractivity contribution is 0.103. The van der Waals surface area contributed by atoms with E-state index >= 15 is 0 Å². The molecule has 0 radical (unpaired) electrons. The summed E-state index contributed by atoms with van der Waals surface area (Å²) in [7, 11) is 0. The van der Waals surface area contributed by atoms with E-state index in [1.54, 1.807) is 0 Å². The predicted octanol–water partition coefficient (Wildman–Crippen LogP) is 4.38. The predicted molar refractivity (Wildman–Crippen MR) is 104 cm³/mol. The zero-order valence-electron chi connectivity index (χ0n) is 14.0. The number of amides is 1. The van der Waals surface area contributed by atoms with Crippen molar-refractivity contribution in [2.45, 2.75) is 25.7 Å². The van der Waals surface area contributed by atoms with Crippen molar-refractivity contribution in [1.82, 2.24) is 20.0 Å². The van der Waals surface area contributed by atoms with E-state index in [9.17, 15) is 4.79 Å². The average molecular weight is 381 g/mol. The van der Waals surface area contributed by atoms with Gasteiger partial charge in [0.25, 0.3) is 5.91 Å². The van der Waals surface area contributed by atoms with E-state index in [0.29, 0.717) is 15.9 Å². The maximum Gasteiger partial charge on any atom is 0.267 e. The van der Waals surface area contributed by atoms with Gasteiger partial charge in [0.05, 0.1) is 16.3 Å². The largest absolute Gasteiger partial charge is 0.296 e. The number of benzene rings is 1. The molecule has 1 fully saturated rings. The molecule has 1 aromatic carbocycles. The number of anilines is 1. The topological polar surface area (TPSA) is 72.7 Å². The van der Waals surface area contributed by atoms with Gasteiger partial charge in [-0.15, -0.1) is 21.5 Å². The van der Waals surface area contributed by atoms with E-state index in [4.69, 9.17) is 0 Å². The summed E-state index contributed by atoms with van der Waals surface area (Å²) in [6.45, 7) is 1.96. The highest BCUT2D eigenvalue weighted by molar-refractivity contribution is 7.20. The highest BCUT2D eigenvalue weighted by atomic mass is 32.1. The fourth-order valence-corrected chi connectivity index (χ4v) is 4.83. The van der Waals surface area contributed by atoms with E-state index in [2.05, 4.69) is 20.6 Å². The number of carbonyl (C=O) groups excluding carboxylic acids is 1. The monoisotopic (exact) mass is 381 g/mol. The van der Waals surface area contributed by atoms with Gasteiger partial charge in [0, 0.05) is 11.3 Å². The number of thiophene rings is 1. The Kier molecular flexibility index (Phi) is 3.61. The van der Waals surface area contributed by atoms with Crippen LogP contribution in [0.15, 0.2) is 36.4 Å². The van der Waals surface area contributed by atoms with Crippen molar-refractivity contribution < 1.29 is 4.79 Å². The Morgan fingerprint density at radius 1 is 1.19 bits per heavy atom. The number of rotatable bonds is 4. The molecule has 6 nitrogen and oxygen atoms in total. The molecule has 0 saturated heterocycles. The van der Waals surface area contributed by atoms with Gasteiger partial charge in [-0.1, -0.05) is 29.5 Å². The zero-order valence-corrected chi connectivity index (χ0v) is 15.6. The highest BCUT2D eigenvalue weighted by Gasteiger charge is 2.28. The molecule has 3 heterocycles. The third-order valence-electron chi connectivity index (χ3n) is 4.36. The van der Waals surface area contributed by atoms with Crippen LogP contribution in [-0.2, 0) is 0 Å². The van der Waals surface area contributed by atoms with Crippen LogP contribution in [0.25, 0.3) is 15.9 Å². The number of fused-ring (bicyclic) bond motifs is 1. The van der Waals surface area contributed by atoms with Crippen LogP contribution < -0.4 is 5.32 Å². The van der Waals surface area contributed by atoms with Gasteiger partial charge in [-0.3, -0.25) is 10.1 Å². The lowest BCUT2D eigenvalue weighted by Crippen LogP contribution is -2.09. The van der Waals surface area contributed by atoms with E-state index in [1.807, 2.05) is 48.0 Å². The Labute approximate surface area is 157 Å². The third-order valence-corrected chi connectivity index (χ3v) is 6.47. The summed E-state index contributed by atoms with van der Waals surface area (Å²) in [4.78, 5) is 14.3. The number of nitrogens with zero attached hydrogens (tertiary/aromatic N) is 4. The van der Waals surface area contributed by atoms with E-state index in [1.165, 1.54) is 35.5 Å². The van der Waals surface area contributed by atoms with Gasteiger partial charge in [-0.2, -0.15) is 5.10 Å². The van der Waals surface area contributed by atoms with Gasteiger partial charge in [0.15, 0.2) is 0 Å². The van der Waals surface area contributed by atoms with E-state index in [0.717, 1.165) is 26.6 Å². The van der Waals surface area contributed by atoms with Gasteiger partial charge < -0.3 is 0 Å². The summed E-state index contributed by atoms with van der Waals surface area (Å²) in [6, 6.07) is 11.8. The highest BCUT2D eigenvalue weighted by Crippen LogP contribution is 2.42. The van der Waals surface area contributed by atoms with Crippen molar-refractivity contribution in [3.63, 3.8) is 0 Å². The van der Waals surface area contributed by atoms with Crippen molar-refractivity contribution in [1.29, 1.82) is 0 Å². The van der Waals surface area contributed by atoms with Crippen LogP contribution in [-0.4, -0.2) is 25.9 Å². The smallest absolute Gasteiger partial charge is 0.267 e. The first kappa shape index (κ1) is 15.7. The molecule has 4 aromatic rings. The lowest BCUT2D eigenvalue weighted by Gasteiger charge is -2.01. The average Bonchev–Trinajstić information content (AvgIpc) is 3.11. The van der Waals surface area contributed by atoms with E-state index < -0.39 is 0 Å². The molecule has 1 amide bonds. The maximum absolute atomic E-state index is 12.6. The summed E-state index contributed by atoms with van der Waals surface area (Å²) >= 11 is 2.91. The molecule has 3 aromatic heterocycles. The van der Waals surface area contributed by atoms with Crippen molar-refractivity contribution in [3.05, 3.63) is 52.0 Å². The third kappa shape index (κ3) is 2.71. The molecule has 130 valence electrons. The zero-order chi connectivity index (χ0) is 17.7. The molecule has 5 rings (SSSR count). The second kappa shape index (κ2) is 6.00. The quantitative estimate of drug-likeness (QED) is 0.569. The van der Waals surface area contributed by atoms with Gasteiger partial charge in [0.2, 0.25) is 5.13 Å². The van der Waals surface area contributed by atoms with Crippen LogP contribution in [0.4, 0.5) is 5.13 Å². The second-order valence-corrected chi connectivity index (χ2v) is 8.38. The molecule has 1 N–H and O–H groups in total. The minimum Gasteiger partial charge on any atom is -0.296 e. The first-order valence-corrected chi connectivity index (χ1v) is 10.0. The number of aryl methyl sites for hydroxylation is 1. The van der Waals surface area contributed by atoms with Gasteiger partial charge in [-0.05, 0) is 38.0 Å². The van der Waals surface area contributed by atoms with Gasteiger partial charge in [0.1, 0.15) is 9.84 Å². The first-order valence-electron chi connectivity index (χ1n) is 8.38. The number of hydrogen-bond acceptors (Lipinski definition) is 6. The molecule has 0 spiro atoms. The summed E-state index contributed by atoms with van der Waals surface area (Å²) in [5.41, 5.74) is 1.89. The van der Waals surface area contributed by atoms with Crippen molar-refractivity contribution in [3.8, 4) is 5.69 Å². The SMILES string of the molecule is Cc1nn(-c2ccccc2)c2sc(C(=O)Nc3nnc(C4CC4)s3)cc12. The molecule has 0 atom stereocenters. The second-order valence-electron chi connectivity index (χ2n) is 6.34. The van der Waals surface area contributed by atoms with Crippen LogP contribution >= 0.6 is 22.7 Å². The number of hydrogen-bond donors (Lipinski definition) is 1. The molecule has 0 unspecified atom stereocenters. The van der Waals surface area contributed by atoms with Crippen LogP contribution in [0.3, 0.4) is 0 Å². The fraction of sp³-hybridized carbons (Fsp3) is 0.222. The standard InChI is InChI=1S/C18H15N5OS2/c1-10-13-9-14(15(24)19-18-21-20-16(26-18)11-7-8-11)25-17(13)23(22-10)12-5-3-2-4-6-12/h2-6,9,11H,7-8H2,1H3,(H,19,21,24). The molecule has 1 aliphatic carbocycles. The van der Waals surface area contributed by atoms with Gasteiger partial charge in [-0.25, -0.2) is 4.68 Å². The number of para-hydroxylation sites is 1. The molecule has 26 heavy (non-hydrogen) atoms. The van der Waals surface area contributed by atoms with Crippen LogP contribution in [0, 0.1) is 6.92 Å². The normalized spacial score (nSPS) is 14.0. The first-order chi connectivity index (χ1) is 12.7. The molecular formula is C18H15N5OS2. The van der Waals surface area contributed by atoms with E-state index in [-0.39, 0.29) is 5.91 Å². The summed E-state index contributed by atoms with van der Waals surface area (Å²) in [6.07, 6.45) is 2.35. The summed E-state index contributed by atoms with van der Waals surface area (Å²) < 4.78 is 1.89. The van der Waals surface area contributed by atoms with Crippen LogP contribution in [0.1, 0.15) is 39.1 Å². The fourth-order valence-electron chi connectivity index (χ4n) is 2.84. The van der Waals surface area contributed by atoms with Crippen molar-refractivity contribution in [2.24, 2.45) is 0 Å². The van der Waals surface area contributed by atoms with Crippen LogP contribution in [0.2, 0.25) is 0 Å². The molecule has 0 bridgehead atoms. The minimum absolute atomic E-state index is 0.149. The van der Waals surface area contributed by atoms with Crippen molar-refractivity contribution >= 4 is 43.9 Å². The molecule has 1 aliphatic rings. The number of nitrogens with one attached hydrogen (secondary N) is 1. The Hall–Kier alpha value is -2.58. The van der Waals surface area contributed by atoms with Crippen molar-refractivity contribution in [2.75, 3.05) is 5.32 Å². The Balaban J connectivity index is 1.46. The number of aromatic nitrogens is 4. The van der Waals surface area contributed by atoms with Crippen LogP contribution in [0.5, 0.6) is 0 Å². The Morgan fingerprint density at radius 2 is 2.00 bits per heavy atom. The summed E-state index contributed by atoms with van der Waals surface area (Å²) in [5.74, 6) is 0.394. The molecular weight excluding hydrogens is 366 g/mol. The molecule has 0 aliphatic heterocycles. The lowest BCUT2D eigenvalue weighted by atomic mass is 10.3. The maximum atomic E-state index is 12.6. The summed E-state index contributed by atoms with van der Waals surface area (Å²) in [5, 5.41) is 18.3.